The molecular weight excluding hydrogens is 380 g/mol. The smallest absolute Gasteiger partial charge is 0.444 e. The van der Waals surface area contributed by atoms with Gasteiger partial charge in [-0.2, -0.15) is 0 Å². The molecule has 1 fully saturated rings. The van der Waals surface area contributed by atoms with Crippen LogP contribution in [0, 0.1) is 0 Å². The number of carbonyl (C=O) groups excluding carboxylic acids is 1. The molecule has 1 aromatic rings. The van der Waals surface area contributed by atoms with Gasteiger partial charge in [0, 0.05) is 18.3 Å². The number of ether oxygens (including phenoxy) is 1. The summed E-state index contributed by atoms with van der Waals surface area (Å²) in [5.41, 5.74) is 5.60. The highest BCUT2D eigenvalue weighted by Gasteiger charge is 2.52. The number of halogens is 1. The number of amides is 1. The molecule has 1 aliphatic rings. The summed E-state index contributed by atoms with van der Waals surface area (Å²) >= 11 is 6.05. The Morgan fingerprint density at radius 2 is 1.89 bits per heavy atom. The molecule has 0 radical (unpaired) electrons. The number of hydrogen-bond acceptors (Lipinski definition) is 6. The third kappa shape index (κ3) is 5.62. The molecule has 0 aromatic carbocycles. The maximum atomic E-state index is 12.1. The number of nitrogens with zero attached hydrogens (tertiary/aromatic N) is 1. The van der Waals surface area contributed by atoms with Crippen molar-refractivity contribution in [1.82, 2.24) is 10.3 Å². The summed E-state index contributed by atoms with van der Waals surface area (Å²) in [4.78, 5) is 16.2. The molecule has 0 atom stereocenters. The third-order valence-corrected chi connectivity index (χ3v) is 4.86. The van der Waals surface area contributed by atoms with E-state index in [0.717, 1.165) is 0 Å². The normalized spacial score (nSPS) is 18.9. The molecule has 0 bridgehead atoms. The van der Waals surface area contributed by atoms with Crippen LogP contribution in [0.3, 0.4) is 0 Å². The summed E-state index contributed by atoms with van der Waals surface area (Å²) in [6.45, 7) is 13.4. The highest BCUT2D eigenvalue weighted by molar-refractivity contribution is 6.56. The van der Waals surface area contributed by atoms with E-state index in [2.05, 4.69) is 10.3 Å². The summed E-state index contributed by atoms with van der Waals surface area (Å²) in [6.07, 6.45) is 2.71. The van der Waals surface area contributed by atoms with Gasteiger partial charge >= 0.3 is 13.2 Å². The molecule has 1 aliphatic heterocycles. The first kappa shape index (κ1) is 22.5. The maximum Gasteiger partial charge on any atom is 0.492 e. The fourth-order valence-corrected chi connectivity index (χ4v) is 2.63. The number of anilines is 1. The minimum absolute atomic E-state index is 0.150. The van der Waals surface area contributed by atoms with Gasteiger partial charge < -0.3 is 25.1 Å². The Bertz CT molecular complexity index is 759. The fourth-order valence-electron chi connectivity index (χ4n) is 2.47. The van der Waals surface area contributed by atoms with Crippen molar-refractivity contribution in [2.75, 3.05) is 12.3 Å². The average molecular weight is 410 g/mol. The van der Waals surface area contributed by atoms with Gasteiger partial charge in [-0.25, -0.2) is 9.78 Å². The van der Waals surface area contributed by atoms with E-state index in [9.17, 15) is 4.79 Å². The molecule has 1 aromatic heterocycles. The third-order valence-electron chi connectivity index (χ3n) is 4.65. The highest BCUT2D eigenvalue weighted by atomic mass is 35.5. The monoisotopic (exact) mass is 409 g/mol. The number of nitrogens with one attached hydrogen (secondary N) is 1. The Kier molecular flexibility index (Phi) is 6.38. The number of hydrogen-bond donors (Lipinski definition) is 2. The molecule has 0 unspecified atom stereocenters. The SMILES string of the molecule is CC(C)(C)OC(=O)NCC(=Cc1cc(Cl)cnc1N)B1OC(C)(C)C(C)(C)O1. The van der Waals surface area contributed by atoms with Gasteiger partial charge in [0.2, 0.25) is 0 Å². The lowest BCUT2D eigenvalue weighted by Crippen LogP contribution is -2.41. The lowest BCUT2D eigenvalue weighted by Gasteiger charge is -2.32. The quantitative estimate of drug-likeness (QED) is 0.733. The van der Waals surface area contributed by atoms with E-state index in [1.165, 1.54) is 6.20 Å². The standard InChI is InChI=1S/C19H29BClN3O4/c1-17(2,3)26-16(25)24-10-13(8-12-9-14(21)11-23-15(12)22)20-27-18(4,5)19(6,7)28-20/h8-9,11H,10H2,1-7H3,(H2,22,23)(H,24,25). The average Bonchev–Trinajstić information content (AvgIpc) is 2.73. The van der Waals surface area contributed by atoms with Crippen molar-refractivity contribution < 1.29 is 18.8 Å². The van der Waals surface area contributed by atoms with Gasteiger partial charge in [0.05, 0.1) is 16.2 Å². The summed E-state index contributed by atoms with van der Waals surface area (Å²) in [6, 6.07) is 1.70. The summed E-state index contributed by atoms with van der Waals surface area (Å²) in [5, 5.41) is 3.19. The van der Waals surface area contributed by atoms with Gasteiger partial charge in [0.25, 0.3) is 0 Å². The number of nitrogen functional groups attached to an aromatic ring is 1. The van der Waals surface area contributed by atoms with Crippen molar-refractivity contribution in [1.29, 1.82) is 0 Å². The molecule has 0 saturated carbocycles. The van der Waals surface area contributed by atoms with E-state index in [1.807, 2.05) is 27.7 Å². The lowest BCUT2D eigenvalue weighted by atomic mass is 9.77. The van der Waals surface area contributed by atoms with Crippen LogP contribution >= 0.6 is 11.6 Å². The van der Waals surface area contributed by atoms with Crippen LogP contribution in [0.1, 0.15) is 54.0 Å². The van der Waals surface area contributed by atoms with Gasteiger partial charge in [0.15, 0.2) is 0 Å². The Labute approximate surface area is 172 Å². The van der Waals surface area contributed by atoms with E-state index in [-0.39, 0.29) is 6.54 Å². The van der Waals surface area contributed by atoms with Crippen LogP contribution in [0.5, 0.6) is 0 Å². The van der Waals surface area contributed by atoms with E-state index in [0.29, 0.717) is 21.9 Å². The van der Waals surface area contributed by atoms with Crippen molar-refractivity contribution in [3.05, 3.63) is 28.3 Å². The minimum atomic E-state index is -0.668. The molecule has 2 heterocycles. The first-order valence-electron chi connectivity index (χ1n) is 9.14. The molecule has 0 spiro atoms. The zero-order chi connectivity index (χ0) is 21.3. The fraction of sp³-hybridized carbons (Fsp3) is 0.579. The molecular formula is C19H29BClN3O4. The summed E-state index contributed by atoms with van der Waals surface area (Å²) in [7, 11) is -0.668. The van der Waals surface area contributed by atoms with E-state index in [1.54, 1.807) is 32.9 Å². The number of alkyl carbamates (subject to hydrolysis) is 1. The predicted molar refractivity (Wildman–Crippen MR) is 112 cm³/mol. The molecule has 2 rings (SSSR count). The molecule has 154 valence electrons. The first-order chi connectivity index (χ1) is 12.7. The van der Waals surface area contributed by atoms with E-state index >= 15 is 0 Å². The summed E-state index contributed by atoms with van der Waals surface area (Å²) < 4.78 is 17.6. The minimum Gasteiger partial charge on any atom is -0.444 e. The van der Waals surface area contributed by atoms with Crippen molar-refractivity contribution in [3.63, 3.8) is 0 Å². The molecule has 7 nitrogen and oxygen atoms in total. The second-order valence-corrected chi connectivity index (χ2v) is 9.23. The second kappa shape index (κ2) is 7.93. The number of rotatable bonds is 4. The topological polar surface area (TPSA) is 95.7 Å². The Hall–Kier alpha value is -1.77. The van der Waals surface area contributed by atoms with Crippen LogP contribution in [0.15, 0.2) is 17.7 Å². The van der Waals surface area contributed by atoms with Crippen LogP contribution in [0.2, 0.25) is 5.02 Å². The van der Waals surface area contributed by atoms with Crippen LogP contribution in [0.25, 0.3) is 6.08 Å². The Morgan fingerprint density at radius 3 is 2.43 bits per heavy atom. The lowest BCUT2D eigenvalue weighted by molar-refractivity contribution is 0.00578. The number of nitrogens with two attached hydrogens (primary N) is 1. The van der Waals surface area contributed by atoms with Gasteiger partial charge in [-0.3, -0.25) is 0 Å². The van der Waals surface area contributed by atoms with E-state index < -0.39 is 30.0 Å². The van der Waals surface area contributed by atoms with Gasteiger partial charge in [-0.05, 0) is 60.0 Å². The van der Waals surface area contributed by atoms with Gasteiger partial charge in [-0.15, -0.1) is 0 Å². The van der Waals surface area contributed by atoms with Crippen molar-refractivity contribution >= 4 is 36.7 Å². The number of carbonyl (C=O) groups is 1. The van der Waals surface area contributed by atoms with E-state index in [4.69, 9.17) is 31.4 Å². The van der Waals surface area contributed by atoms with Crippen LogP contribution in [-0.2, 0) is 14.0 Å². The van der Waals surface area contributed by atoms with Crippen LogP contribution < -0.4 is 11.1 Å². The Morgan fingerprint density at radius 1 is 1.32 bits per heavy atom. The van der Waals surface area contributed by atoms with Crippen molar-refractivity contribution in [2.45, 2.75) is 65.3 Å². The van der Waals surface area contributed by atoms with Crippen molar-refractivity contribution in [2.24, 2.45) is 0 Å². The van der Waals surface area contributed by atoms with Gasteiger partial charge in [0.1, 0.15) is 11.4 Å². The zero-order valence-electron chi connectivity index (χ0n) is 17.6. The largest absolute Gasteiger partial charge is 0.492 e. The zero-order valence-corrected chi connectivity index (χ0v) is 18.3. The van der Waals surface area contributed by atoms with Crippen LogP contribution in [0.4, 0.5) is 10.6 Å². The number of aromatic nitrogens is 1. The van der Waals surface area contributed by atoms with Crippen molar-refractivity contribution in [3.8, 4) is 0 Å². The van der Waals surface area contributed by atoms with Gasteiger partial charge in [-0.1, -0.05) is 17.7 Å². The van der Waals surface area contributed by atoms with Crippen LogP contribution in [-0.4, -0.2) is 41.5 Å². The second-order valence-electron chi connectivity index (χ2n) is 8.79. The molecule has 9 heteroatoms. The molecule has 28 heavy (non-hydrogen) atoms. The highest BCUT2D eigenvalue weighted by Crippen LogP contribution is 2.39. The molecule has 0 aliphatic carbocycles. The number of pyridine rings is 1. The predicted octanol–water partition coefficient (Wildman–Crippen LogP) is 3.86. The Balaban J connectivity index is 2.30. The molecule has 3 N–H and O–H groups in total. The molecule has 1 amide bonds. The summed E-state index contributed by atoms with van der Waals surface area (Å²) in [5.74, 6) is 0.315. The maximum absolute atomic E-state index is 12.1. The molecule has 1 saturated heterocycles. The first-order valence-corrected chi connectivity index (χ1v) is 9.52.